The van der Waals surface area contributed by atoms with E-state index in [-0.39, 0.29) is 44.5 Å². The molecule has 11 nitrogen and oxygen atoms in total. The molecule has 0 amide bonds. The van der Waals surface area contributed by atoms with E-state index in [1.165, 1.54) is 18.2 Å². The highest BCUT2D eigenvalue weighted by Gasteiger charge is 2.28. The second-order valence-electron chi connectivity index (χ2n) is 8.17. The van der Waals surface area contributed by atoms with E-state index in [2.05, 4.69) is 0 Å². The fourth-order valence-electron chi connectivity index (χ4n) is 4.28. The first-order chi connectivity index (χ1) is 16.6. The van der Waals surface area contributed by atoms with Gasteiger partial charge >= 0.3 is 5.97 Å². The molecule has 4 aromatic rings. The molecule has 0 aliphatic carbocycles. The fourth-order valence-corrected chi connectivity index (χ4v) is 6.49. The van der Waals surface area contributed by atoms with Crippen LogP contribution in [0.2, 0.25) is 0 Å². The summed E-state index contributed by atoms with van der Waals surface area (Å²) < 4.78 is 108. The van der Waals surface area contributed by atoms with Gasteiger partial charge in [-0.3, -0.25) is 18.5 Å². The Morgan fingerprint density at radius 3 is 1.56 bits per heavy atom. The smallest absolute Gasteiger partial charge is 0.311 e. The largest absolute Gasteiger partial charge is 0.426 e. The number of benzene rings is 4. The Bertz CT molecular complexity index is 1800. The van der Waals surface area contributed by atoms with Crippen molar-refractivity contribution >= 4 is 68.6 Å². The van der Waals surface area contributed by atoms with Crippen molar-refractivity contribution in [2.24, 2.45) is 0 Å². The zero-order chi connectivity index (χ0) is 26.6. The maximum absolute atomic E-state index is 12.4. The lowest BCUT2D eigenvalue weighted by atomic mass is 9.93. The molecule has 192 valence electrons. The Labute approximate surface area is 206 Å². The quantitative estimate of drug-likeness (QED) is 0.0940. The standard InChI is InChI=1S/C22H20O11S3/c1-2-3-4-5-20(23)33-16-10-17(34(24,25)26)13-8-9-15-19(36(30,31)32)11-18(35(27,28)29)14-7-6-12(16)21(13)22(14)15/h6-11H,2-5H2,1H3,(H,24,25,26)(H,27,28,29)(H,30,31,32). The molecule has 4 aromatic carbocycles. The third-order valence-electron chi connectivity index (χ3n) is 5.79. The molecule has 36 heavy (non-hydrogen) atoms. The number of ether oxygens (including phenoxy) is 1. The molecule has 0 fully saturated rings. The number of carbonyl (C=O) groups is 1. The van der Waals surface area contributed by atoms with Crippen molar-refractivity contribution in [3.8, 4) is 5.75 Å². The van der Waals surface area contributed by atoms with E-state index in [1.54, 1.807) is 0 Å². The summed E-state index contributed by atoms with van der Waals surface area (Å²) in [4.78, 5) is 10.0. The zero-order valence-corrected chi connectivity index (χ0v) is 21.1. The topological polar surface area (TPSA) is 189 Å². The molecule has 3 N–H and O–H groups in total. The molecule has 14 heteroatoms. The first-order valence-electron chi connectivity index (χ1n) is 10.6. The van der Waals surface area contributed by atoms with Crippen LogP contribution < -0.4 is 4.74 Å². The highest BCUT2D eigenvalue weighted by Crippen LogP contribution is 2.45. The van der Waals surface area contributed by atoms with Crippen LogP contribution in [0.25, 0.3) is 32.3 Å². The molecule has 0 unspecified atom stereocenters. The summed E-state index contributed by atoms with van der Waals surface area (Å²) in [6, 6.07) is 6.37. The number of unbranched alkanes of at least 4 members (excludes halogenated alkanes) is 2. The Morgan fingerprint density at radius 1 is 0.694 bits per heavy atom. The minimum Gasteiger partial charge on any atom is -0.426 e. The average molecular weight is 557 g/mol. The Balaban J connectivity index is 2.20. The van der Waals surface area contributed by atoms with Gasteiger partial charge < -0.3 is 4.74 Å². The van der Waals surface area contributed by atoms with Crippen molar-refractivity contribution in [2.45, 2.75) is 47.3 Å². The van der Waals surface area contributed by atoms with Crippen LogP contribution in [0.5, 0.6) is 5.75 Å². The molecule has 4 rings (SSSR count). The van der Waals surface area contributed by atoms with Gasteiger partial charge in [-0.25, -0.2) is 0 Å². The van der Waals surface area contributed by atoms with E-state index in [0.717, 1.165) is 25.0 Å². The van der Waals surface area contributed by atoms with E-state index in [9.17, 15) is 43.7 Å². The number of carbonyl (C=O) groups excluding carboxylic acids is 1. The van der Waals surface area contributed by atoms with E-state index in [4.69, 9.17) is 4.74 Å². The van der Waals surface area contributed by atoms with Crippen molar-refractivity contribution in [2.75, 3.05) is 0 Å². The van der Waals surface area contributed by atoms with E-state index in [1.807, 2.05) is 6.92 Å². The van der Waals surface area contributed by atoms with Gasteiger partial charge in [0, 0.05) is 44.8 Å². The van der Waals surface area contributed by atoms with E-state index >= 15 is 0 Å². The zero-order valence-electron chi connectivity index (χ0n) is 18.6. The first kappa shape index (κ1) is 26.2. The van der Waals surface area contributed by atoms with Crippen molar-refractivity contribution < 1.29 is 48.4 Å². The monoisotopic (exact) mass is 556 g/mol. The van der Waals surface area contributed by atoms with Crippen molar-refractivity contribution in [1.29, 1.82) is 0 Å². The molecule has 0 aromatic heterocycles. The molecule has 0 atom stereocenters. The number of rotatable bonds is 8. The summed E-state index contributed by atoms with van der Waals surface area (Å²) in [6.45, 7) is 1.94. The predicted octanol–water partition coefficient (Wildman–Crippen LogP) is 3.81. The molecular weight excluding hydrogens is 536 g/mol. The molecule has 0 aliphatic rings. The van der Waals surface area contributed by atoms with Crippen LogP contribution in [-0.4, -0.2) is 44.9 Å². The Hall–Kier alpha value is -2.88. The van der Waals surface area contributed by atoms with Crippen LogP contribution >= 0.6 is 0 Å². The van der Waals surface area contributed by atoms with Gasteiger partial charge in [0.1, 0.15) is 20.4 Å². The van der Waals surface area contributed by atoms with Crippen LogP contribution in [0, 0.1) is 0 Å². The lowest BCUT2D eigenvalue weighted by Gasteiger charge is -2.18. The SMILES string of the molecule is CCCCCC(=O)Oc1cc(S(=O)(=O)O)c2ccc3c(S(=O)(=O)O)cc(S(=O)(=O)O)c4ccc1c2c43. The number of hydrogen-bond donors (Lipinski definition) is 3. The van der Waals surface area contributed by atoms with Gasteiger partial charge in [-0.15, -0.1) is 0 Å². The van der Waals surface area contributed by atoms with Gasteiger partial charge in [-0.05, 0) is 18.6 Å². The summed E-state index contributed by atoms with van der Waals surface area (Å²) in [5, 5.41) is -0.622. The molecule has 0 aliphatic heterocycles. The molecule has 0 radical (unpaired) electrons. The number of esters is 1. The molecule has 0 spiro atoms. The summed E-state index contributed by atoms with van der Waals surface area (Å²) >= 11 is 0. The van der Waals surface area contributed by atoms with E-state index < -0.39 is 51.0 Å². The van der Waals surface area contributed by atoms with Crippen LogP contribution in [0.4, 0.5) is 0 Å². The third kappa shape index (κ3) is 4.63. The highest BCUT2D eigenvalue weighted by molar-refractivity contribution is 7.87. The maximum atomic E-state index is 12.4. The molecule has 0 saturated carbocycles. The van der Waals surface area contributed by atoms with Gasteiger partial charge in [0.25, 0.3) is 30.4 Å². The minimum atomic E-state index is -5.02. The normalized spacial score (nSPS) is 13.1. The molecule has 0 saturated heterocycles. The average Bonchev–Trinajstić information content (AvgIpc) is 2.75. The van der Waals surface area contributed by atoms with Crippen molar-refractivity contribution in [1.82, 2.24) is 0 Å². The maximum Gasteiger partial charge on any atom is 0.311 e. The van der Waals surface area contributed by atoms with Gasteiger partial charge in [-0.1, -0.05) is 38.0 Å². The van der Waals surface area contributed by atoms with E-state index in [0.29, 0.717) is 12.5 Å². The first-order valence-corrected chi connectivity index (χ1v) is 14.9. The van der Waals surface area contributed by atoms with Gasteiger partial charge in [0.15, 0.2) is 0 Å². The number of hydrogen-bond acceptors (Lipinski definition) is 8. The van der Waals surface area contributed by atoms with Crippen molar-refractivity contribution in [3.05, 3.63) is 36.4 Å². The minimum absolute atomic E-state index is 0.0246. The lowest BCUT2D eigenvalue weighted by molar-refractivity contribution is -0.134. The van der Waals surface area contributed by atoms with Crippen LogP contribution in [-0.2, 0) is 35.1 Å². The van der Waals surface area contributed by atoms with Gasteiger partial charge in [0.2, 0.25) is 0 Å². The molecule has 0 bridgehead atoms. The van der Waals surface area contributed by atoms with Crippen LogP contribution in [0.1, 0.15) is 32.6 Å². The Kier molecular flexibility index (Phi) is 6.47. The summed E-state index contributed by atoms with van der Waals surface area (Å²) in [5.74, 6) is -0.950. The van der Waals surface area contributed by atoms with Gasteiger partial charge in [-0.2, -0.15) is 25.3 Å². The summed E-state index contributed by atoms with van der Waals surface area (Å²) in [5.41, 5.74) is 0. The summed E-state index contributed by atoms with van der Waals surface area (Å²) in [7, 11) is -14.9. The Morgan fingerprint density at radius 2 is 1.11 bits per heavy atom. The second-order valence-corrected chi connectivity index (χ2v) is 12.3. The van der Waals surface area contributed by atoms with Crippen LogP contribution in [0.3, 0.4) is 0 Å². The fraction of sp³-hybridized carbons (Fsp3) is 0.227. The molecule has 0 heterocycles. The highest BCUT2D eigenvalue weighted by atomic mass is 32.2. The van der Waals surface area contributed by atoms with Crippen molar-refractivity contribution in [3.63, 3.8) is 0 Å². The van der Waals surface area contributed by atoms with Gasteiger partial charge in [0.05, 0.1) is 0 Å². The lowest BCUT2D eigenvalue weighted by Crippen LogP contribution is -2.10. The van der Waals surface area contributed by atoms with Crippen LogP contribution in [0.15, 0.2) is 51.1 Å². The third-order valence-corrected chi connectivity index (χ3v) is 8.47. The molecular formula is C22H20O11S3. The predicted molar refractivity (Wildman–Crippen MR) is 129 cm³/mol. The summed E-state index contributed by atoms with van der Waals surface area (Å²) in [6.07, 6.45) is 2.13. The second kappa shape index (κ2) is 8.90.